The second kappa shape index (κ2) is 13.5. The van der Waals surface area contributed by atoms with Crippen molar-refractivity contribution in [2.75, 3.05) is 6.61 Å². The minimum atomic E-state index is -1.04. The number of esters is 1. The van der Waals surface area contributed by atoms with Crippen LogP contribution < -0.4 is 0 Å². The quantitative estimate of drug-likeness (QED) is 0.105. The molecule has 0 aromatic heterocycles. The third-order valence-corrected chi connectivity index (χ3v) is 3.75. The standard InChI is InChI=1S/C22H44O6/c1-9-11-13-16-22(27-25-20(3,4)5,28-26-21(6,7)8)17-14-18-24-19(23)15-12-10-2/h9-18H2,1-8H3. The molecule has 0 aromatic rings. The van der Waals surface area contributed by atoms with E-state index < -0.39 is 17.0 Å². The molecular weight excluding hydrogens is 360 g/mol. The van der Waals surface area contributed by atoms with Crippen molar-refractivity contribution >= 4 is 5.97 Å². The molecule has 0 spiro atoms. The van der Waals surface area contributed by atoms with Gasteiger partial charge in [0.05, 0.1) is 17.8 Å². The fourth-order valence-corrected chi connectivity index (χ4v) is 2.27. The van der Waals surface area contributed by atoms with Gasteiger partial charge in [0.2, 0.25) is 5.79 Å². The highest BCUT2D eigenvalue weighted by Gasteiger charge is 2.38. The van der Waals surface area contributed by atoms with Gasteiger partial charge in [0.15, 0.2) is 0 Å². The summed E-state index contributed by atoms with van der Waals surface area (Å²) in [6, 6.07) is 0. The molecule has 0 rings (SSSR count). The highest BCUT2D eigenvalue weighted by Crippen LogP contribution is 2.31. The van der Waals surface area contributed by atoms with Crippen molar-refractivity contribution in [1.29, 1.82) is 0 Å². The Morgan fingerprint density at radius 2 is 1.18 bits per heavy atom. The molecule has 0 heterocycles. The summed E-state index contributed by atoms with van der Waals surface area (Å²) in [5, 5.41) is 0. The SMILES string of the molecule is CCCCCC(CCCOC(=O)CCCC)(OOC(C)(C)C)OOC(C)(C)C. The number of hydrogen-bond donors (Lipinski definition) is 0. The summed E-state index contributed by atoms with van der Waals surface area (Å²) in [5.74, 6) is -1.19. The molecule has 0 amide bonds. The van der Waals surface area contributed by atoms with Crippen molar-refractivity contribution in [3.05, 3.63) is 0 Å². The molecule has 0 saturated heterocycles. The Morgan fingerprint density at radius 1 is 0.679 bits per heavy atom. The van der Waals surface area contributed by atoms with Crippen LogP contribution >= 0.6 is 0 Å². The maximum atomic E-state index is 11.7. The van der Waals surface area contributed by atoms with E-state index in [0.29, 0.717) is 32.3 Å². The van der Waals surface area contributed by atoms with Crippen LogP contribution in [0, 0.1) is 0 Å². The zero-order valence-corrected chi connectivity index (χ0v) is 19.5. The van der Waals surface area contributed by atoms with Gasteiger partial charge in [-0.25, -0.2) is 9.78 Å². The molecule has 0 radical (unpaired) electrons. The molecule has 0 aliphatic carbocycles. The van der Waals surface area contributed by atoms with Gasteiger partial charge in [-0.2, -0.15) is 9.78 Å². The van der Waals surface area contributed by atoms with Crippen LogP contribution in [0.4, 0.5) is 0 Å². The van der Waals surface area contributed by atoms with Crippen molar-refractivity contribution in [2.24, 2.45) is 0 Å². The summed E-state index contributed by atoms with van der Waals surface area (Å²) in [6.45, 7) is 16.1. The number of carbonyl (C=O) groups is 1. The summed E-state index contributed by atoms with van der Waals surface area (Å²) in [4.78, 5) is 34.6. The third-order valence-electron chi connectivity index (χ3n) is 3.75. The van der Waals surface area contributed by atoms with Crippen molar-refractivity contribution in [3.8, 4) is 0 Å². The maximum absolute atomic E-state index is 11.7. The number of rotatable bonds is 15. The van der Waals surface area contributed by atoms with E-state index in [0.717, 1.165) is 32.1 Å². The number of carbonyl (C=O) groups excluding carboxylic acids is 1. The molecule has 0 saturated carbocycles. The van der Waals surface area contributed by atoms with Crippen LogP contribution in [-0.2, 0) is 29.1 Å². The Hall–Kier alpha value is -0.690. The minimum Gasteiger partial charge on any atom is -0.466 e. The Kier molecular flexibility index (Phi) is 13.2. The van der Waals surface area contributed by atoms with Gasteiger partial charge in [0.25, 0.3) is 0 Å². The fourth-order valence-electron chi connectivity index (χ4n) is 2.27. The van der Waals surface area contributed by atoms with Crippen LogP contribution in [0.2, 0.25) is 0 Å². The van der Waals surface area contributed by atoms with E-state index in [1.165, 1.54) is 0 Å². The van der Waals surface area contributed by atoms with Crippen LogP contribution in [-0.4, -0.2) is 29.6 Å². The molecule has 168 valence electrons. The number of unbranched alkanes of at least 4 members (excludes halogenated alkanes) is 3. The van der Waals surface area contributed by atoms with E-state index in [1.807, 2.05) is 41.5 Å². The monoisotopic (exact) mass is 404 g/mol. The van der Waals surface area contributed by atoms with Crippen molar-refractivity contribution in [3.63, 3.8) is 0 Å². The first-order chi connectivity index (χ1) is 12.9. The molecular formula is C22H44O6. The lowest BCUT2D eigenvalue weighted by Crippen LogP contribution is -2.41. The molecule has 28 heavy (non-hydrogen) atoms. The van der Waals surface area contributed by atoms with E-state index in [4.69, 9.17) is 24.3 Å². The van der Waals surface area contributed by atoms with Gasteiger partial charge < -0.3 is 4.74 Å². The van der Waals surface area contributed by atoms with Gasteiger partial charge in [-0.1, -0.05) is 33.1 Å². The van der Waals surface area contributed by atoms with Crippen molar-refractivity contribution in [2.45, 2.75) is 130 Å². The molecule has 0 aromatic carbocycles. The summed E-state index contributed by atoms with van der Waals surface area (Å²) in [7, 11) is 0. The molecule has 0 bridgehead atoms. The maximum Gasteiger partial charge on any atom is 0.305 e. The van der Waals surface area contributed by atoms with Gasteiger partial charge in [-0.3, -0.25) is 4.79 Å². The van der Waals surface area contributed by atoms with Crippen LogP contribution in [0.5, 0.6) is 0 Å². The molecule has 0 aliphatic rings. The minimum absolute atomic E-state index is 0.155. The van der Waals surface area contributed by atoms with Crippen LogP contribution in [0.15, 0.2) is 0 Å². The zero-order chi connectivity index (χ0) is 21.7. The van der Waals surface area contributed by atoms with Crippen LogP contribution in [0.3, 0.4) is 0 Å². The normalized spacial score (nSPS) is 13.0. The second-order valence-corrected chi connectivity index (χ2v) is 9.35. The van der Waals surface area contributed by atoms with E-state index in [2.05, 4.69) is 13.8 Å². The van der Waals surface area contributed by atoms with Crippen LogP contribution in [0.1, 0.15) is 113 Å². The Bertz CT molecular complexity index is 390. The zero-order valence-electron chi connectivity index (χ0n) is 19.5. The third kappa shape index (κ3) is 15.3. The molecule has 0 unspecified atom stereocenters. The first kappa shape index (κ1) is 27.3. The Labute approximate surface area is 172 Å². The molecule has 0 N–H and O–H groups in total. The van der Waals surface area contributed by atoms with Crippen LogP contribution in [0.25, 0.3) is 0 Å². The lowest BCUT2D eigenvalue weighted by atomic mass is 10.0. The molecule has 0 atom stereocenters. The summed E-state index contributed by atoms with van der Waals surface area (Å²) >= 11 is 0. The highest BCUT2D eigenvalue weighted by molar-refractivity contribution is 5.69. The van der Waals surface area contributed by atoms with Gasteiger partial charge in [-0.15, -0.1) is 0 Å². The van der Waals surface area contributed by atoms with Crippen molar-refractivity contribution in [1.82, 2.24) is 0 Å². The Morgan fingerprint density at radius 3 is 1.64 bits per heavy atom. The molecule has 6 heteroatoms. The second-order valence-electron chi connectivity index (χ2n) is 9.35. The predicted octanol–water partition coefficient (Wildman–Crippen LogP) is 6.27. The smallest absolute Gasteiger partial charge is 0.305 e. The number of hydrogen-bond acceptors (Lipinski definition) is 6. The van der Waals surface area contributed by atoms with E-state index in [9.17, 15) is 4.79 Å². The largest absolute Gasteiger partial charge is 0.466 e. The average Bonchev–Trinajstić information content (AvgIpc) is 2.58. The molecule has 6 nitrogen and oxygen atoms in total. The lowest BCUT2D eigenvalue weighted by molar-refractivity contribution is -0.544. The average molecular weight is 405 g/mol. The predicted molar refractivity (Wildman–Crippen MR) is 110 cm³/mol. The van der Waals surface area contributed by atoms with Gasteiger partial charge in [0, 0.05) is 19.3 Å². The topological polar surface area (TPSA) is 63.2 Å². The van der Waals surface area contributed by atoms with E-state index in [-0.39, 0.29) is 5.97 Å². The van der Waals surface area contributed by atoms with E-state index in [1.54, 1.807) is 0 Å². The first-order valence-electron chi connectivity index (χ1n) is 10.8. The summed E-state index contributed by atoms with van der Waals surface area (Å²) < 4.78 is 5.32. The Balaban J connectivity index is 4.96. The highest BCUT2D eigenvalue weighted by atomic mass is 17.3. The van der Waals surface area contributed by atoms with Gasteiger partial charge in [0.1, 0.15) is 0 Å². The van der Waals surface area contributed by atoms with Gasteiger partial charge in [-0.05, 0) is 60.8 Å². The number of ether oxygens (including phenoxy) is 1. The first-order valence-corrected chi connectivity index (χ1v) is 10.8. The van der Waals surface area contributed by atoms with Gasteiger partial charge >= 0.3 is 5.97 Å². The fraction of sp³-hybridized carbons (Fsp3) is 0.955. The summed E-state index contributed by atoms with van der Waals surface area (Å²) in [5.41, 5.74) is -0.957. The molecule has 0 fully saturated rings. The van der Waals surface area contributed by atoms with E-state index >= 15 is 0 Å². The molecule has 0 aliphatic heterocycles. The summed E-state index contributed by atoms with van der Waals surface area (Å²) in [6.07, 6.45) is 7.11. The lowest BCUT2D eigenvalue weighted by Gasteiger charge is -2.35. The van der Waals surface area contributed by atoms with Crippen molar-refractivity contribution < 1.29 is 29.1 Å².